The Bertz CT molecular complexity index is 1070. The Kier molecular flexibility index (Phi) is 5.17. The summed E-state index contributed by atoms with van der Waals surface area (Å²) in [5.74, 6) is 0.790. The topological polar surface area (TPSA) is 55.4 Å². The van der Waals surface area contributed by atoms with Crippen molar-refractivity contribution < 1.29 is 14.3 Å². The van der Waals surface area contributed by atoms with Gasteiger partial charge in [0.05, 0.1) is 6.54 Å². The van der Waals surface area contributed by atoms with E-state index < -0.39 is 0 Å². The van der Waals surface area contributed by atoms with Gasteiger partial charge in [-0.15, -0.1) is 0 Å². The summed E-state index contributed by atoms with van der Waals surface area (Å²) < 4.78 is 6.00. The van der Waals surface area contributed by atoms with E-state index in [4.69, 9.17) is 4.74 Å². The summed E-state index contributed by atoms with van der Waals surface area (Å²) in [5, 5.41) is 2.96. The maximum atomic E-state index is 12.3. The molecule has 1 aliphatic heterocycles. The lowest BCUT2D eigenvalue weighted by Gasteiger charge is -2.12. The molecular weight excluding hydrogens is 362 g/mol. The molecule has 1 atom stereocenters. The molecule has 0 fully saturated rings. The summed E-state index contributed by atoms with van der Waals surface area (Å²) in [6.45, 7) is 4.02. The Labute approximate surface area is 170 Å². The average Bonchev–Trinajstić information content (AvgIpc) is 3.14. The van der Waals surface area contributed by atoms with E-state index in [1.165, 1.54) is 0 Å². The summed E-state index contributed by atoms with van der Waals surface area (Å²) >= 11 is 0. The van der Waals surface area contributed by atoms with Gasteiger partial charge in [0.1, 0.15) is 11.9 Å². The largest absolute Gasteiger partial charge is 0.488 e. The number of amides is 1. The van der Waals surface area contributed by atoms with E-state index in [1.54, 1.807) is 6.92 Å². The van der Waals surface area contributed by atoms with Crippen molar-refractivity contribution in [3.63, 3.8) is 0 Å². The third-order valence-corrected chi connectivity index (χ3v) is 5.22. The zero-order chi connectivity index (χ0) is 20.4. The lowest BCUT2D eigenvalue weighted by Crippen LogP contribution is -2.34. The molecule has 0 aromatic heterocycles. The Morgan fingerprint density at radius 3 is 2.55 bits per heavy atom. The van der Waals surface area contributed by atoms with Crippen LogP contribution in [0.5, 0.6) is 5.75 Å². The molecule has 1 heterocycles. The number of ether oxygens (including phenoxy) is 1. The molecule has 1 unspecified atom stereocenters. The standard InChI is InChI=1S/C25H23NO3/c1-16-7-9-18(10-8-16)25(28)26-15-21-14-20-13-19(11-12-24(20)29-21)23-6-4-3-5-22(23)17(2)27/h3-13,21H,14-15H2,1-2H3,(H,26,28). The van der Waals surface area contributed by atoms with Crippen LogP contribution in [0.15, 0.2) is 66.7 Å². The first-order valence-corrected chi connectivity index (χ1v) is 9.76. The number of aryl methyl sites for hydroxylation is 1. The van der Waals surface area contributed by atoms with Crippen LogP contribution in [0.25, 0.3) is 11.1 Å². The van der Waals surface area contributed by atoms with Crippen molar-refractivity contribution in [2.45, 2.75) is 26.4 Å². The number of ketones is 1. The van der Waals surface area contributed by atoms with Gasteiger partial charge in [-0.25, -0.2) is 0 Å². The van der Waals surface area contributed by atoms with Crippen molar-refractivity contribution in [3.8, 4) is 16.9 Å². The van der Waals surface area contributed by atoms with Gasteiger partial charge in [-0.1, -0.05) is 48.0 Å². The van der Waals surface area contributed by atoms with E-state index in [0.29, 0.717) is 17.7 Å². The molecule has 4 heteroatoms. The number of hydrogen-bond acceptors (Lipinski definition) is 3. The molecule has 0 saturated carbocycles. The third kappa shape index (κ3) is 4.06. The number of nitrogens with one attached hydrogen (secondary N) is 1. The Hall–Kier alpha value is -3.40. The van der Waals surface area contributed by atoms with E-state index in [9.17, 15) is 9.59 Å². The van der Waals surface area contributed by atoms with Crippen molar-refractivity contribution in [2.75, 3.05) is 6.54 Å². The normalized spacial score (nSPS) is 14.8. The molecule has 4 nitrogen and oxygen atoms in total. The zero-order valence-electron chi connectivity index (χ0n) is 16.6. The van der Waals surface area contributed by atoms with E-state index in [0.717, 1.165) is 34.4 Å². The number of carbonyl (C=O) groups is 2. The maximum absolute atomic E-state index is 12.3. The van der Waals surface area contributed by atoms with Crippen LogP contribution in [0.2, 0.25) is 0 Å². The first-order chi connectivity index (χ1) is 14.0. The molecule has 0 saturated heterocycles. The van der Waals surface area contributed by atoms with Gasteiger partial charge in [-0.3, -0.25) is 9.59 Å². The Morgan fingerprint density at radius 1 is 1.03 bits per heavy atom. The highest BCUT2D eigenvalue weighted by molar-refractivity contribution is 6.00. The summed E-state index contributed by atoms with van der Waals surface area (Å²) in [4.78, 5) is 24.3. The van der Waals surface area contributed by atoms with Crippen LogP contribution >= 0.6 is 0 Å². The molecule has 4 rings (SSSR count). The average molecular weight is 385 g/mol. The van der Waals surface area contributed by atoms with Crippen molar-refractivity contribution in [1.29, 1.82) is 0 Å². The SMILES string of the molecule is CC(=O)c1ccccc1-c1ccc2c(c1)CC(CNC(=O)c1ccc(C)cc1)O2. The third-order valence-electron chi connectivity index (χ3n) is 5.22. The fraction of sp³-hybridized carbons (Fsp3) is 0.200. The van der Waals surface area contributed by atoms with Crippen LogP contribution in [0.3, 0.4) is 0 Å². The first-order valence-electron chi connectivity index (χ1n) is 9.76. The van der Waals surface area contributed by atoms with Crippen LogP contribution in [-0.2, 0) is 6.42 Å². The number of carbonyl (C=O) groups excluding carboxylic acids is 2. The van der Waals surface area contributed by atoms with Gasteiger partial charge in [-0.05, 0) is 54.8 Å². The molecule has 3 aromatic carbocycles. The van der Waals surface area contributed by atoms with Crippen molar-refractivity contribution in [1.82, 2.24) is 5.32 Å². The van der Waals surface area contributed by atoms with E-state index >= 15 is 0 Å². The van der Waals surface area contributed by atoms with Gasteiger partial charge in [-0.2, -0.15) is 0 Å². The smallest absolute Gasteiger partial charge is 0.251 e. The monoisotopic (exact) mass is 385 g/mol. The number of fused-ring (bicyclic) bond motifs is 1. The number of hydrogen-bond donors (Lipinski definition) is 1. The van der Waals surface area contributed by atoms with Gasteiger partial charge in [0.15, 0.2) is 5.78 Å². The second-order valence-electron chi connectivity index (χ2n) is 7.44. The molecule has 0 bridgehead atoms. The highest BCUT2D eigenvalue weighted by atomic mass is 16.5. The minimum absolute atomic E-state index is 0.0500. The highest BCUT2D eigenvalue weighted by Crippen LogP contribution is 2.34. The van der Waals surface area contributed by atoms with E-state index in [2.05, 4.69) is 11.4 Å². The predicted molar refractivity (Wildman–Crippen MR) is 114 cm³/mol. The van der Waals surface area contributed by atoms with Crippen molar-refractivity contribution in [2.24, 2.45) is 0 Å². The van der Waals surface area contributed by atoms with Crippen LogP contribution < -0.4 is 10.1 Å². The van der Waals surface area contributed by atoms with Crippen LogP contribution in [-0.4, -0.2) is 24.3 Å². The van der Waals surface area contributed by atoms with Gasteiger partial charge < -0.3 is 10.1 Å². The van der Waals surface area contributed by atoms with Crippen LogP contribution in [0.4, 0.5) is 0 Å². The molecule has 0 spiro atoms. The van der Waals surface area contributed by atoms with Crippen molar-refractivity contribution >= 4 is 11.7 Å². The summed E-state index contributed by atoms with van der Waals surface area (Å²) in [6.07, 6.45) is 0.622. The number of Topliss-reactive ketones (excluding diaryl/α,β-unsaturated/α-hetero) is 1. The molecule has 0 aliphatic carbocycles. The van der Waals surface area contributed by atoms with Gasteiger partial charge in [0, 0.05) is 17.5 Å². The number of benzene rings is 3. The minimum Gasteiger partial charge on any atom is -0.488 e. The molecule has 0 radical (unpaired) electrons. The van der Waals surface area contributed by atoms with Crippen LogP contribution in [0, 0.1) is 6.92 Å². The van der Waals surface area contributed by atoms with E-state index in [-0.39, 0.29) is 17.8 Å². The minimum atomic E-state index is -0.0994. The van der Waals surface area contributed by atoms with Crippen LogP contribution in [0.1, 0.15) is 38.8 Å². The fourth-order valence-corrected chi connectivity index (χ4v) is 3.66. The van der Waals surface area contributed by atoms with Gasteiger partial charge in [0.2, 0.25) is 0 Å². The molecule has 1 amide bonds. The Balaban J connectivity index is 1.45. The first kappa shape index (κ1) is 18.9. The van der Waals surface area contributed by atoms with Gasteiger partial charge in [0.25, 0.3) is 5.91 Å². The second kappa shape index (κ2) is 7.92. The maximum Gasteiger partial charge on any atom is 0.251 e. The van der Waals surface area contributed by atoms with Crippen molar-refractivity contribution in [3.05, 3.63) is 89.0 Å². The van der Waals surface area contributed by atoms with E-state index in [1.807, 2.05) is 67.6 Å². The lowest BCUT2D eigenvalue weighted by atomic mass is 9.95. The quantitative estimate of drug-likeness (QED) is 0.653. The molecule has 29 heavy (non-hydrogen) atoms. The molecule has 1 aliphatic rings. The molecular formula is C25H23NO3. The highest BCUT2D eigenvalue weighted by Gasteiger charge is 2.24. The van der Waals surface area contributed by atoms with Gasteiger partial charge >= 0.3 is 0 Å². The Morgan fingerprint density at radius 2 is 1.79 bits per heavy atom. The number of rotatable bonds is 5. The predicted octanol–water partition coefficient (Wildman–Crippen LogP) is 4.60. The summed E-state index contributed by atoms with van der Waals surface area (Å²) in [7, 11) is 0. The molecule has 1 N–H and O–H groups in total. The molecule has 3 aromatic rings. The molecule has 146 valence electrons. The summed E-state index contributed by atoms with van der Waals surface area (Å²) in [6, 6.07) is 21.2. The second-order valence-corrected chi connectivity index (χ2v) is 7.44. The fourth-order valence-electron chi connectivity index (χ4n) is 3.66. The zero-order valence-corrected chi connectivity index (χ0v) is 16.6. The summed E-state index contributed by atoms with van der Waals surface area (Å²) in [5.41, 5.74) is 5.51. The lowest BCUT2D eigenvalue weighted by molar-refractivity contribution is 0.0933.